The Morgan fingerprint density at radius 1 is 1.41 bits per heavy atom. The molecule has 0 fully saturated rings. The van der Waals surface area contributed by atoms with Gasteiger partial charge in [0.15, 0.2) is 6.54 Å². The molecule has 0 radical (unpaired) electrons. The van der Waals surface area contributed by atoms with E-state index in [4.69, 9.17) is 4.74 Å². The van der Waals surface area contributed by atoms with Gasteiger partial charge in [-0.15, -0.1) is 0 Å². The molecule has 2 heterocycles. The fourth-order valence-electron chi connectivity index (χ4n) is 2.35. The van der Waals surface area contributed by atoms with E-state index in [2.05, 4.69) is 10.3 Å². The van der Waals surface area contributed by atoms with E-state index in [9.17, 15) is 14.4 Å². The van der Waals surface area contributed by atoms with Gasteiger partial charge in [-0.05, 0) is 6.92 Å². The van der Waals surface area contributed by atoms with Gasteiger partial charge in [0.25, 0.3) is 17.1 Å². The third kappa shape index (κ3) is 2.80. The number of imidazole rings is 1. The van der Waals surface area contributed by atoms with Gasteiger partial charge in [0.1, 0.15) is 0 Å². The number of aromatic amines is 1. The summed E-state index contributed by atoms with van der Waals surface area (Å²) in [5.41, 5.74) is -0.216. The summed E-state index contributed by atoms with van der Waals surface area (Å²) < 4.78 is 8.79. The number of carbonyl (C=O) groups excluding carboxylic acids is 1. The second kappa shape index (κ2) is 6.14. The average Bonchev–Trinajstić information content (AvgIpc) is 2.86. The number of aryl methyl sites for hydroxylation is 1. The van der Waals surface area contributed by atoms with Gasteiger partial charge in [0.2, 0.25) is 6.33 Å². The van der Waals surface area contributed by atoms with E-state index < -0.39 is 11.2 Å². The molecule has 1 unspecified atom stereocenters. The van der Waals surface area contributed by atoms with Gasteiger partial charge in [-0.2, -0.15) is 0 Å². The fourth-order valence-corrected chi connectivity index (χ4v) is 2.35. The Kier molecular flexibility index (Phi) is 4.45. The second-order valence-electron chi connectivity index (χ2n) is 5.23. The number of nitrogens with zero attached hydrogens (tertiary/aromatic N) is 3. The molecule has 2 N–H and O–H groups in total. The first kappa shape index (κ1) is 16.0. The minimum Gasteiger partial charge on any atom is -0.383 e. The van der Waals surface area contributed by atoms with E-state index in [1.165, 1.54) is 22.5 Å². The molecule has 1 amide bonds. The minimum atomic E-state index is -0.447. The van der Waals surface area contributed by atoms with Crippen molar-refractivity contribution in [3.8, 4) is 0 Å². The molecule has 0 aromatic carbocycles. The molecule has 0 saturated carbocycles. The Morgan fingerprint density at radius 2 is 2.09 bits per heavy atom. The van der Waals surface area contributed by atoms with E-state index in [1.807, 2.05) is 6.92 Å². The number of amides is 1. The monoisotopic (exact) mass is 310 g/mol. The number of aromatic nitrogens is 4. The standard InChI is InChI=1S/C13H19N5O4/c1-8(6-22-4)15-9(19)5-18-7-14-11-10(18)12(20)17(3)13(21)16(11)2/h7-8H,5-6H2,1-4H3,(H,15,19)/p+1. The van der Waals surface area contributed by atoms with Crippen molar-refractivity contribution in [2.24, 2.45) is 14.1 Å². The average molecular weight is 310 g/mol. The molecule has 2 aromatic rings. The highest BCUT2D eigenvalue weighted by Gasteiger charge is 2.22. The lowest BCUT2D eigenvalue weighted by Gasteiger charge is -2.11. The lowest BCUT2D eigenvalue weighted by molar-refractivity contribution is -0.659. The number of methoxy groups -OCH3 is 1. The van der Waals surface area contributed by atoms with Crippen molar-refractivity contribution >= 4 is 17.1 Å². The molecule has 0 saturated heterocycles. The number of nitrogens with one attached hydrogen (secondary N) is 2. The van der Waals surface area contributed by atoms with Crippen LogP contribution in [0, 0.1) is 0 Å². The molecular formula is C13H20N5O4+. The van der Waals surface area contributed by atoms with Crippen LogP contribution in [0.2, 0.25) is 0 Å². The van der Waals surface area contributed by atoms with Crippen LogP contribution in [-0.4, -0.2) is 39.8 Å². The molecule has 0 bridgehead atoms. The van der Waals surface area contributed by atoms with Crippen LogP contribution in [0.4, 0.5) is 0 Å². The lowest BCUT2D eigenvalue weighted by atomic mass is 10.3. The van der Waals surface area contributed by atoms with Crippen molar-refractivity contribution in [3.63, 3.8) is 0 Å². The molecule has 2 aromatic heterocycles. The Bertz CT molecular complexity index is 816. The van der Waals surface area contributed by atoms with E-state index in [0.717, 1.165) is 4.57 Å². The molecule has 0 aliphatic carbocycles. The predicted molar refractivity (Wildman–Crippen MR) is 78.5 cm³/mol. The van der Waals surface area contributed by atoms with Gasteiger partial charge < -0.3 is 10.1 Å². The zero-order chi connectivity index (χ0) is 16.4. The third-order valence-corrected chi connectivity index (χ3v) is 3.42. The van der Waals surface area contributed by atoms with E-state index in [1.54, 1.807) is 14.2 Å². The van der Waals surface area contributed by atoms with Crippen molar-refractivity contribution in [1.82, 2.24) is 19.4 Å². The Morgan fingerprint density at radius 3 is 2.73 bits per heavy atom. The summed E-state index contributed by atoms with van der Waals surface area (Å²) in [6.45, 7) is 2.20. The Labute approximate surface area is 126 Å². The quantitative estimate of drug-likeness (QED) is 0.624. The molecule has 0 aliphatic rings. The number of fused-ring (bicyclic) bond motifs is 1. The highest BCUT2D eigenvalue weighted by molar-refractivity contribution is 5.75. The number of hydrogen-bond donors (Lipinski definition) is 2. The molecule has 0 spiro atoms. The summed E-state index contributed by atoms with van der Waals surface area (Å²) in [6, 6.07) is -0.129. The molecule has 120 valence electrons. The van der Waals surface area contributed by atoms with Gasteiger partial charge in [-0.1, -0.05) is 0 Å². The maximum atomic E-state index is 12.2. The van der Waals surface area contributed by atoms with Crippen molar-refractivity contribution in [3.05, 3.63) is 27.2 Å². The van der Waals surface area contributed by atoms with Crippen LogP contribution in [0.5, 0.6) is 0 Å². The SMILES string of the molecule is COCC(C)NC(=O)C[n+]1c[nH]c2c1c(=O)n(C)c(=O)n2C. The largest absolute Gasteiger partial charge is 0.383 e. The number of carbonyl (C=O) groups is 1. The van der Waals surface area contributed by atoms with E-state index in [0.29, 0.717) is 12.3 Å². The number of hydrogen-bond acceptors (Lipinski definition) is 4. The second-order valence-corrected chi connectivity index (χ2v) is 5.23. The van der Waals surface area contributed by atoms with Gasteiger partial charge in [-0.3, -0.25) is 18.7 Å². The Hall–Kier alpha value is -2.42. The van der Waals surface area contributed by atoms with Crippen LogP contribution in [0.3, 0.4) is 0 Å². The molecular weight excluding hydrogens is 290 g/mol. The Balaban J connectivity index is 2.36. The molecule has 9 nitrogen and oxygen atoms in total. The molecule has 1 atom stereocenters. The predicted octanol–water partition coefficient (Wildman–Crippen LogP) is -2.00. The van der Waals surface area contributed by atoms with Gasteiger partial charge in [0.05, 0.1) is 6.61 Å². The van der Waals surface area contributed by atoms with Crippen LogP contribution < -0.4 is 21.1 Å². The van der Waals surface area contributed by atoms with Crippen LogP contribution in [0.1, 0.15) is 6.92 Å². The molecule has 9 heteroatoms. The van der Waals surface area contributed by atoms with Crippen LogP contribution in [-0.2, 0) is 30.2 Å². The summed E-state index contributed by atoms with van der Waals surface area (Å²) in [6.07, 6.45) is 1.51. The van der Waals surface area contributed by atoms with Crippen molar-refractivity contribution in [1.29, 1.82) is 0 Å². The smallest absolute Gasteiger partial charge is 0.333 e. The van der Waals surface area contributed by atoms with Gasteiger partial charge in [0, 0.05) is 27.2 Å². The van der Waals surface area contributed by atoms with E-state index >= 15 is 0 Å². The summed E-state index contributed by atoms with van der Waals surface area (Å²) in [4.78, 5) is 39.0. The summed E-state index contributed by atoms with van der Waals surface area (Å²) >= 11 is 0. The normalized spacial score (nSPS) is 12.5. The zero-order valence-electron chi connectivity index (χ0n) is 13.0. The summed E-state index contributed by atoms with van der Waals surface area (Å²) in [5.74, 6) is -0.244. The molecule has 22 heavy (non-hydrogen) atoms. The zero-order valence-corrected chi connectivity index (χ0v) is 13.0. The highest BCUT2D eigenvalue weighted by atomic mass is 16.5. The first-order chi connectivity index (χ1) is 10.4. The van der Waals surface area contributed by atoms with Crippen molar-refractivity contribution < 1.29 is 14.1 Å². The first-order valence-corrected chi connectivity index (χ1v) is 6.81. The van der Waals surface area contributed by atoms with Crippen LogP contribution in [0.25, 0.3) is 11.2 Å². The van der Waals surface area contributed by atoms with E-state index in [-0.39, 0.29) is 24.0 Å². The molecule has 2 rings (SSSR count). The maximum absolute atomic E-state index is 12.2. The van der Waals surface area contributed by atoms with Gasteiger partial charge >= 0.3 is 11.2 Å². The maximum Gasteiger partial charge on any atom is 0.333 e. The third-order valence-electron chi connectivity index (χ3n) is 3.42. The number of rotatable bonds is 5. The highest BCUT2D eigenvalue weighted by Crippen LogP contribution is 1.97. The molecule has 0 aliphatic heterocycles. The topological polar surface area (TPSA) is 102 Å². The van der Waals surface area contributed by atoms with Crippen LogP contribution in [0.15, 0.2) is 15.9 Å². The minimum absolute atomic E-state index is 0.0263. The number of H-pyrrole nitrogens is 1. The number of ether oxygens (including phenoxy) is 1. The summed E-state index contributed by atoms with van der Waals surface area (Å²) in [7, 11) is 4.52. The van der Waals surface area contributed by atoms with Gasteiger partial charge in [-0.25, -0.2) is 14.3 Å². The van der Waals surface area contributed by atoms with Crippen molar-refractivity contribution in [2.45, 2.75) is 19.5 Å². The summed E-state index contributed by atoms with van der Waals surface area (Å²) in [5, 5.41) is 2.77. The lowest BCUT2D eigenvalue weighted by Crippen LogP contribution is -2.49. The fraction of sp³-hybridized carbons (Fsp3) is 0.538. The van der Waals surface area contributed by atoms with Crippen molar-refractivity contribution in [2.75, 3.05) is 13.7 Å². The first-order valence-electron chi connectivity index (χ1n) is 6.81. The van der Waals surface area contributed by atoms with Crippen LogP contribution >= 0.6 is 0 Å².